The van der Waals surface area contributed by atoms with E-state index in [-0.39, 0.29) is 11.3 Å². The van der Waals surface area contributed by atoms with Gasteiger partial charge >= 0.3 is 5.97 Å². The van der Waals surface area contributed by atoms with Crippen LogP contribution in [0.15, 0.2) is 23.5 Å². The molecule has 94 valence electrons. The second kappa shape index (κ2) is 3.83. The Morgan fingerprint density at radius 1 is 1.41 bits per heavy atom. The smallest absolute Gasteiger partial charge is 0.343 e. The molecule has 0 saturated carbocycles. The van der Waals surface area contributed by atoms with Crippen LogP contribution in [-0.2, 0) is 14.3 Å². The van der Waals surface area contributed by atoms with Gasteiger partial charge in [-0.3, -0.25) is 0 Å². The van der Waals surface area contributed by atoms with E-state index in [4.69, 9.17) is 4.74 Å². The van der Waals surface area contributed by atoms with Crippen LogP contribution in [-0.4, -0.2) is 45.4 Å². The zero-order valence-corrected chi connectivity index (χ0v) is 9.45. The lowest BCUT2D eigenvalue weighted by atomic mass is 9.95. The van der Waals surface area contributed by atoms with Gasteiger partial charge < -0.3 is 24.8 Å². The van der Waals surface area contributed by atoms with Crippen LogP contribution >= 0.6 is 0 Å². The Morgan fingerprint density at radius 2 is 2.06 bits per heavy atom. The standard InChI is InChI=1S/C11H14O6/c1-3-4-5-7(12)8(13)6-9(16-5)11(2,15)17-10(6)14/h3-5,7-8,12-13,15H,1-2H3/b4-3+/t5-,7+,8+,11-/m0/s1. The molecule has 0 spiro atoms. The van der Waals surface area contributed by atoms with Gasteiger partial charge in [0.15, 0.2) is 5.76 Å². The first-order valence-corrected chi connectivity index (χ1v) is 5.24. The molecule has 0 saturated heterocycles. The third kappa shape index (κ3) is 1.74. The Bertz CT molecular complexity index is 408. The van der Waals surface area contributed by atoms with Crippen molar-refractivity contribution in [2.75, 3.05) is 0 Å². The Morgan fingerprint density at radius 3 is 2.65 bits per heavy atom. The third-order valence-electron chi connectivity index (χ3n) is 2.77. The van der Waals surface area contributed by atoms with E-state index in [0.29, 0.717) is 0 Å². The van der Waals surface area contributed by atoms with Gasteiger partial charge in [-0.1, -0.05) is 6.08 Å². The van der Waals surface area contributed by atoms with Crippen molar-refractivity contribution in [3.63, 3.8) is 0 Å². The molecule has 0 radical (unpaired) electrons. The van der Waals surface area contributed by atoms with Crippen molar-refractivity contribution in [1.29, 1.82) is 0 Å². The average molecular weight is 242 g/mol. The van der Waals surface area contributed by atoms with E-state index in [9.17, 15) is 20.1 Å². The predicted octanol–water partition coefficient (Wildman–Crippen LogP) is -0.798. The van der Waals surface area contributed by atoms with Gasteiger partial charge in [0, 0.05) is 6.92 Å². The van der Waals surface area contributed by atoms with Crippen LogP contribution in [0.2, 0.25) is 0 Å². The average Bonchev–Trinajstić information content (AvgIpc) is 2.45. The van der Waals surface area contributed by atoms with Crippen LogP contribution in [0, 0.1) is 0 Å². The van der Waals surface area contributed by atoms with Crippen molar-refractivity contribution in [2.24, 2.45) is 0 Å². The molecular formula is C11H14O6. The van der Waals surface area contributed by atoms with E-state index in [2.05, 4.69) is 4.74 Å². The highest BCUT2D eigenvalue weighted by molar-refractivity contribution is 5.93. The van der Waals surface area contributed by atoms with E-state index in [1.165, 1.54) is 13.0 Å². The number of esters is 1. The summed E-state index contributed by atoms with van der Waals surface area (Å²) in [5.74, 6) is -2.91. The lowest BCUT2D eigenvalue weighted by Gasteiger charge is -2.32. The molecule has 0 aromatic heterocycles. The topological polar surface area (TPSA) is 96.2 Å². The van der Waals surface area contributed by atoms with Crippen molar-refractivity contribution in [1.82, 2.24) is 0 Å². The summed E-state index contributed by atoms with van der Waals surface area (Å²) in [5.41, 5.74) is -0.219. The molecule has 2 rings (SSSR count). The van der Waals surface area contributed by atoms with Gasteiger partial charge in [0.25, 0.3) is 5.79 Å². The minimum atomic E-state index is -1.90. The van der Waals surface area contributed by atoms with Crippen molar-refractivity contribution in [3.8, 4) is 0 Å². The molecule has 6 heteroatoms. The fourth-order valence-corrected chi connectivity index (χ4v) is 1.95. The lowest BCUT2D eigenvalue weighted by Crippen LogP contribution is -2.45. The van der Waals surface area contributed by atoms with Gasteiger partial charge in [-0.2, -0.15) is 0 Å². The number of aliphatic hydroxyl groups excluding tert-OH is 2. The number of hydrogen-bond donors (Lipinski definition) is 3. The molecule has 4 atom stereocenters. The number of carbonyl (C=O) groups is 1. The summed E-state index contributed by atoms with van der Waals surface area (Å²) in [6.45, 7) is 2.96. The summed E-state index contributed by atoms with van der Waals surface area (Å²) >= 11 is 0. The Hall–Kier alpha value is -1.37. The molecule has 6 nitrogen and oxygen atoms in total. The molecule has 0 bridgehead atoms. The molecule has 0 amide bonds. The summed E-state index contributed by atoms with van der Waals surface area (Å²) in [6, 6.07) is 0. The minimum absolute atomic E-state index is 0.136. The lowest BCUT2D eigenvalue weighted by molar-refractivity contribution is -0.187. The monoisotopic (exact) mass is 242 g/mol. The van der Waals surface area contributed by atoms with Gasteiger partial charge in [0.2, 0.25) is 0 Å². The first kappa shape index (κ1) is 12.1. The molecule has 0 aliphatic carbocycles. The SMILES string of the molecule is C/C=C/[C@@H]1OC2=C(C(=O)O[C@]2(C)O)[C@@H](O)[C@@H]1O. The van der Waals surface area contributed by atoms with E-state index in [1.54, 1.807) is 13.0 Å². The van der Waals surface area contributed by atoms with E-state index in [0.717, 1.165) is 0 Å². The normalized spacial score (nSPS) is 41.5. The van der Waals surface area contributed by atoms with Crippen LogP contribution in [0.1, 0.15) is 13.8 Å². The Balaban J connectivity index is 2.43. The maximum atomic E-state index is 11.4. The molecule has 2 aliphatic heterocycles. The van der Waals surface area contributed by atoms with Gasteiger partial charge in [0.1, 0.15) is 23.9 Å². The number of hydrogen-bond acceptors (Lipinski definition) is 6. The van der Waals surface area contributed by atoms with Crippen molar-refractivity contribution >= 4 is 5.97 Å². The van der Waals surface area contributed by atoms with Gasteiger partial charge in [-0.25, -0.2) is 4.79 Å². The van der Waals surface area contributed by atoms with Crippen molar-refractivity contribution in [2.45, 2.75) is 37.9 Å². The fourth-order valence-electron chi connectivity index (χ4n) is 1.95. The molecule has 0 aromatic rings. The summed E-state index contributed by atoms with van der Waals surface area (Å²) in [4.78, 5) is 11.4. The van der Waals surface area contributed by atoms with Crippen LogP contribution in [0.5, 0.6) is 0 Å². The van der Waals surface area contributed by atoms with E-state index < -0.39 is 30.1 Å². The van der Waals surface area contributed by atoms with Crippen LogP contribution in [0.3, 0.4) is 0 Å². The van der Waals surface area contributed by atoms with Crippen LogP contribution in [0.25, 0.3) is 0 Å². The summed E-state index contributed by atoms with van der Waals surface area (Å²) in [5, 5.41) is 29.4. The number of rotatable bonds is 1. The number of cyclic esters (lactones) is 1. The summed E-state index contributed by atoms with van der Waals surface area (Å²) in [6.07, 6.45) is -0.364. The second-order valence-electron chi connectivity index (χ2n) is 4.16. The highest BCUT2D eigenvalue weighted by Gasteiger charge is 2.53. The molecule has 0 aromatic carbocycles. The summed E-state index contributed by atoms with van der Waals surface area (Å²) < 4.78 is 9.97. The second-order valence-corrected chi connectivity index (χ2v) is 4.16. The minimum Gasteiger partial charge on any atom is -0.480 e. The predicted molar refractivity (Wildman–Crippen MR) is 55.4 cm³/mol. The number of ether oxygens (including phenoxy) is 2. The maximum Gasteiger partial charge on any atom is 0.343 e. The van der Waals surface area contributed by atoms with Gasteiger partial charge in [0.05, 0.1) is 0 Å². The van der Waals surface area contributed by atoms with E-state index >= 15 is 0 Å². The van der Waals surface area contributed by atoms with Crippen molar-refractivity contribution in [3.05, 3.63) is 23.5 Å². The van der Waals surface area contributed by atoms with Gasteiger partial charge in [-0.05, 0) is 13.0 Å². The molecule has 0 unspecified atom stereocenters. The Labute approximate surface area is 97.8 Å². The summed E-state index contributed by atoms with van der Waals surface area (Å²) in [7, 11) is 0. The number of allylic oxidation sites excluding steroid dienone is 1. The molecule has 0 fully saturated rings. The first-order chi connectivity index (χ1) is 7.88. The van der Waals surface area contributed by atoms with Gasteiger partial charge in [-0.15, -0.1) is 0 Å². The molecular weight excluding hydrogens is 228 g/mol. The highest BCUT2D eigenvalue weighted by Crippen LogP contribution is 2.39. The van der Waals surface area contributed by atoms with Crippen LogP contribution in [0.4, 0.5) is 0 Å². The molecule has 3 N–H and O–H groups in total. The molecule has 2 aliphatic rings. The Kier molecular flexibility index (Phi) is 2.73. The number of aliphatic hydroxyl groups is 3. The first-order valence-electron chi connectivity index (χ1n) is 5.24. The van der Waals surface area contributed by atoms with Crippen LogP contribution < -0.4 is 0 Å². The third-order valence-corrected chi connectivity index (χ3v) is 2.77. The van der Waals surface area contributed by atoms with E-state index in [1.807, 2.05) is 0 Å². The maximum absolute atomic E-state index is 11.4. The highest BCUT2D eigenvalue weighted by atomic mass is 16.7. The zero-order chi connectivity index (χ0) is 12.8. The number of carbonyl (C=O) groups excluding carboxylic acids is 1. The largest absolute Gasteiger partial charge is 0.480 e. The molecule has 2 heterocycles. The quantitative estimate of drug-likeness (QED) is 0.411. The zero-order valence-electron chi connectivity index (χ0n) is 9.45. The fraction of sp³-hybridized carbons (Fsp3) is 0.545. The van der Waals surface area contributed by atoms with Crippen molar-refractivity contribution < 1.29 is 29.6 Å². The molecule has 17 heavy (non-hydrogen) atoms.